The van der Waals surface area contributed by atoms with Crippen LogP contribution >= 0.6 is 0 Å². The molecule has 1 aliphatic carbocycles. The molecule has 0 aliphatic heterocycles. The fourth-order valence-corrected chi connectivity index (χ4v) is 3.57. The maximum absolute atomic E-state index is 2.35. The highest BCUT2D eigenvalue weighted by Gasteiger charge is 2.28. The standard InChI is InChI=1S/C15H30/c1-4-7-13-10-11-14(8-5-2)15(12-13)9-6-3/h13-15H,4-12H2,1-3H3. The van der Waals surface area contributed by atoms with Gasteiger partial charge in [-0.2, -0.15) is 0 Å². The second-order valence-corrected chi connectivity index (χ2v) is 5.57. The topological polar surface area (TPSA) is 0 Å². The molecule has 0 heterocycles. The van der Waals surface area contributed by atoms with Crippen molar-refractivity contribution in [1.82, 2.24) is 0 Å². The van der Waals surface area contributed by atoms with Crippen molar-refractivity contribution in [1.29, 1.82) is 0 Å². The Bertz CT molecular complexity index is 150. The van der Waals surface area contributed by atoms with Crippen molar-refractivity contribution in [2.24, 2.45) is 17.8 Å². The molecule has 3 unspecified atom stereocenters. The molecule has 0 spiro atoms. The van der Waals surface area contributed by atoms with Crippen LogP contribution in [0, 0.1) is 17.8 Å². The Balaban J connectivity index is 2.41. The minimum absolute atomic E-state index is 1.07. The van der Waals surface area contributed by atoms with Crippen LogP contribution in [0.2, 0.25) is 0 Å². The molecule has 1 aliphatic rings. The quantitative estimate of drug-likeness (QED) is 0.549. The fraction of sp³-hybridized carbons (Fsp3) is 1.00. The summed E-state index contributed by atoms with van der Waals surface area (Å²) in [6, 6.07) is 0. The molecule has 0 aromatic carbocycles. The minimum Gasteiger partial charge on any atom is -0.0654 e. The molecule has 0 radical (unpaired) electrons. The van der Waals surface area contributed by atoms with Crippen molar-refractivity contribution in [2.45, 2.75) is 78.6 Å². The lowest BCUT2D eigenvalue weighted by molar-refractivity contribution is 0.153. The van der Waals surface area contributed by atoms with Crippen LogP contribution in [0.1, 0.15) is 78.6 Å². The zero-order chi connectivity index (χ0) is 11.1. The van der Waals surface area contributed by atoms with Gasteiger partial charge in [-0.1, -0.05) is 65.7 Å². The summed E-state index contributed by atoms with van der Waals surface area (Å²) in [5, 5.41) is 0. The summed E-state index contributed by atoms with van der Waals surface area (Å²) < 4.78 is 0. The molecule has 0 nitrogen and oxygen atoms in total. The predicted octanol–water partition coefficient (Wildman–Crippen LogP) is 5.42. The van der Waals surface area contributed by atoms with Crippen molar-refractivity contribution >= 4 is 0 Å². The molecule has 0 saturated heterocycles. The van der Waals surface area contributed by atoms with Crippen molar-refractivity contribution in [3.63, 3.8) is 0 Å². The summed E-state index contributed by atoms with van der Waals surface area (Å²) in [6.45, 7) is 7.04. The zero-order valence-corrected chi connectivity index (χ0v) is 11.1. The maximum Gasteiger partial charge on any atom is -0.0383 e. The van der Waals surface area contributed by atoms with Crippen molar-refractivity contribution < 1.29 is 0 Å². The predicted molar refractivity (Wildman–Crippen MR) is 69.0 cm³/mol. The Morgan fingerprint density at radius 3 is 1.93 bits per heavy atom. The van der Waals surface area contributed by atoms with Gasteiger partial charge in [-0.05, 0) is 30.6 Å². The molecule has 0 aromatic rings. The third-order valence-electron chi connectivity index (χ3n) is 4.26. The maximum atomic E-state index is 2.35. The highest BCUT2D eigenvalue weighted by molar-refractivity contribution is 4.79. The van der Waals surface area contributed by atoms with Crippen LogP contribution in [0.3, 0.4) is 0 Å². The summed E-state index contributed by atoms with van der Waals surface area (Å²) in [4.78, 5) is 0. The molecule has 1 rings (SSSR count). The first kappa shape index (κ1) is 13.1. The average molecular weight is 210 g/mol. The molecule has 0 amide bonds. The van der Waals surface area contributed by atoms with Crippen LogP contribution in [0.5, 0.6) is 0 Å². The highest BCUT2D eigenvalue weighted by atomic mass is 14.3. The number of rotatable bonds is 6. The van der Waals surface area contributed by atoms with E-state index in [0.717, 1.165) is 17.8 Å². The molecule has 0 N–H and O–H groups in total. The van der Waals surface area contributed by atoms with E-state index in [4.69, 9.17) is 0 Å². The van der Waals surface area contributed by atoms with E-state index in [1.807, 2.05) is 0 Å². The van der Waals surface area contributed by atoms with Gasteiger partial charge in [0.15, 0.2) is 0 Å². The summed E-state index contributed by atoms with van der Waals surface area (Å²) in [5.41, 5.74) is 0. The van der Waals surface area contributed by atoms with E-state index in [2.05, 4.69) is 20.8 Å². The molecule has 90 valence electrons. The lowest BCUT2D eigenvalue weighted by Crippen LogP contribution is -2.24. The number of hydrogen-bond acceptors (Lipinski definition) is 0. The fourth-order valence-electron chi connectivity index (χ4n) is 3.57. The summed E-state index contributed by atoms with van der Waals surface area (Å²) in [7, 11) is 0. The largest absolute Gasteiger partial charge is 0.0654 e. The van der Waals surface area contributed by atoms with E-state index in [-0.39, 0.29) is 0 Å². The van der Waals surface area contributed by atoms with Gasteiger partial charge in [0, 0.05) is 0 Å². The Kier molecular flexibility index (Phi) is 6.36. The number of hydrogen-bond donors (Lipinski definition) is 0. The first-order valence-electron chi connectivity index (χ1n) is 7.31. The van der Waals surface area contributed by atoms with Crippen LogP contribution in [0.4, 0.5) is 0 Å². The molecule has 0 heteroatoms. The second kappa shape index (κ2) is 7.30. The van der Waals surface area contributed by atoms with E-state index >= 15 is 0 Å². The Labute approximate surface area is 96.8 Å². The molecule has 1 fully saturated rings. The first-order chi connectivity index (χ1) is 7.31. The van der Waals surface area contributed by atoms with E-state index in [1.165, 1.54) is 51.4 Å². The van der Waals surface area contributed by atoms with Gasteiger partial charge in [-0.15, -0.1) is 0 Å². The van der Waals surface area contributed by atoms with Gasteiger partial charge < -0.3 is 0 Å². The minimum atomic E-state index is 1.07. The van der Waals surface area contributed by atoms with E-state index in [9.17, 15) is 0 Å². The van der Waals surface area contributed by atoms with Crippen LogP contribution in [0.25, 0.3) is 0 Å². The summed E-state index contributed by atoms with van der Waals surface area (Å²) in [5.74, 6) is 3.21. The highest BCUT2D eigenvalue weighted by Crippen LogP contribution is 2.40. The van der Waals surface area contributed by atoms with Gasteiger partial charge in [0.1, 0.15) is 0 Å². The lowest BCUT2D eigenvalue weighted by Gasteiger charge is -2.36. The summed E-state index contributed by atoms with van der Waals surface area (Å²) >= 11 is 0. The lowest BCUT2D eigenvalue weighted by atomic mass is 9.70. The molecular weight excluding hydrogens is 180 g/mol. The van der Waals surface area contributed by atoms with Crippen molar-refractivity contribution in [3.05, 3.63) is 0 Å². The molecule has 0 bridgehead atoms. The molecule has 3 atom stereocenters. The second-order valence-electron chi connectivity index (χ2n) is 5.57. The monoisotopic (exact) mass is 210 g/mol. The van der Waals surface area contributed by atoms with Gasteiger partial charge in [0.05, 0.1) is 0 Å². The van der Waals surface area contributed by atoms with Crippen molar-refractivity contribution in [2.75, 3.05) is 0 Å². The average Bonchev–Trinajstić information content (AvgIpc) is 2.23. The van der Waals surface area contributed by atoms with E-state index in [1.54, 1.807) is 6.42 Å². The SMILES string of the molecule is CCCC1CCC(CCC)C(CCC)C1. The van der Waals surface area contributed by atoms with Gasteiger partial charge >= 0.3 is 0 Å². The first-order valence-corrected chi connectivity index (χ1v) is 7.31. The third kappa shape index (κ3) is 4.17. The van der Waals surface area contributed by atoms with Crippen molar-refractivity contribution in [3.8, 4) is 0 Å². The van der Waals surface area contributed by atoms with Crippen LogP contribution < -0.4 is 0 Å². The Morgan fingerprint density at radius 2 is 1.33 bits per heavy atom. The van der Waals surface area contributed by atoms with Gasteiger partial charge in [-0.3, -0.25) is 0 Å². The van der Waals surface area contributed by atoms with Crippen LogP contribution in [-0.2, 0) is 0 Å². The van der Waals surface area contributed by atoms with Crippen LogP contribution in [0.15, 0.2) is 0 Å². The zero-order valence-electron chi connectivity index (χ0n) is 11.1. The summed E-state index contributed by atoms with van der Waals surface area (Å²) in [6.07, 6.45) is 13.2. The van der Waals surface area contributed by atoms with E-state index < -0.39 is 0 Å². The van der Waals surface area contributed by atoms with Gasteiger partial charge in [0.2, 0.25) is 0 Å². The van der Waals surface area contributed by atoms with Crippen LogP contribution in [-0.4, -0.2) is 0 Å². The molecule has 15 heavy (non-hydrogen) atoms. The molecular formula is C15H30. The van der Waals surface area contributed by atoms with Gasteiger partial charge in [0.25, 0.3) is 0 Å². The third-order valence-corrected chi connectivity index (χ3v) is 4.26. The Morgan fingerprint density at radius 1 is 0.733 bits per heavy atom. The smallest absolute Gasteiger partial charge is 0.0383 e. The van der Waals surface area contributed by atoms with Gasteiger partial charge in [-0.25, -0.2) is 0 Å². The normalized spacial score (nSPS) is 31.8. The molecule has 0 aromatic heterocycles. The Hall–Kier alpha value is 0. The molecule has 1 saturated carbocycles. The van der Waals surface area contributed by atoms with E-state index in [0.29, 0.717) is 0 Å².